The molecule has 0 radical (unpaired) electrons. The zero-order chi connectivity index (χ0) is 7.98. The Hall–Kier alpha value is -0.580. The largest absolute Gasteiger partial charge is 0.480 e. The quantitative estimate of drug-likeness (QED) is 0.597. The summed E-state index contributed by atoms with van der Waals surface area (Å²) in [5.74, 6) is -0.275. The van der Waals surface area contributed by atoms with Crippen LogP contribution in [-0.4, -0.2) is 29.1 Å². The van der Waals surface area contributed by atoms with E-state index in [0.29, 0.717) is 6.42 Å². The predicted octanol–water partition coefficient (Wildman–Crippen LogP) is 1.22. The highest BCUT2D eigenvalue weighted by Crippen LogP contribution is 2.03. The molecule has 0 heterocycles. The first-order valence-electron chi connectivity index (χ1n) is 2.80. The van der Waals surface area contributed by atoms with Gasteiger partial charge in [0.1, 0.15) is 0 Å². The Balaban J connectivity index is 3.60. The van der Waals surface area contributed by atoms with E-state index in [2.05, 4.69) is 5.11 Å². The lowest BCUT2D eigenvalue weighted by Gasteiger charge is -2.01. The number of rotatable bonds is 5. The Morgan fingerprint density at radius 2 is 2.50 bits per heavy atom. The lowest BCUT2D eigenvalue weighted by Crippen LogP contribution is -2.17. The van der Waals surface area contributed by atoms with Crippen molar-refractivity contribution in [2.24, 2.45) is 5.11 Å². The van der Waals surface area contributed by atoms with E-state index in [4.69, 9.17) is 10.6 Å². The zero-order valence-electron chi connectivity index (χ0n) is 5.70. The molecule has 0 aromatic carbocycles. The van der Waals surface area contributed by atoms with Crippen molar-refractivity contribution in [1.29, 1.82) is 5.53 Å². The molecule has 0 spiro atoms. The third-order valence-corrected chi connectivity index (χ3v) is 1.68. The molecule has 2 N–H and O–H groups in total. The number of carboxylic acid groups (broad SMARTS) is 1. The van der Waals surface area contributed by atoms with Gasteiger partial charge in [0.2, 0.25) is 0 Å². The van der Waals surface area contributed by atoms with Gasteiger partial charge in [0, 0.05) is 0 Å². The maximum Gasteiger partial charge on any atom is 0.330 e. The minimum atomic E-state index is -1.01. The van der Waals surface area contributed by atoms with Crippen molar-refractivity contribution in [2.75, 3.05) is 12.0 Å². The molecular weight excluding hydrogens is 152 g/mol. The SMILES string of the molecule is CSCCC(N=N)C(=O)O. The van der Waals surface area contributed by atoms with Crippen molar-refractivity contribution in [3.8, 4) is 0 Å². The van der Waals surface area contributed by atoms with Gasteiger partial charge >= 0.3 is 5.97 Å². The lowest BCUT2D eigenvalue weighted by atomic mass is 10.2. The van der Waals surface area contributed by atoms with Gasteiger partial charge in [-0.1, -0.05) is 0 Å². The fourth-order valence-electron chi connectivity index (χ4n) is 0.473. The van der Waals surface area contributed by atoms with Crippen LogP contribution < -0.4 is 0 Å². The van der Waals surface area contributed by atoms with Gasteiger partial charge in [0.05, 0.1) is 0 Å². The second-order valence-corrected chi connectivity index (χ2v) is 2.75. The minimum Gasteiger partial charge on any atom is -0.480 e. The maximum absolute atomic E-state index is 10.2. The highest BCUT2D eigenvalue weighted by Gasteiger charge is 2.14. The van der Waals surface area contributed by atoms with Crippen LogP contribution in [0, 0.1) is 5.53 Å². The lowest BCUT2D eigenvalue weighted by molar-refractivity contribution is -0.138. The molecule has 10 heavy (non-hydrogen) atoms. The molecule has 58 valence electrons. The fraction of sp³-hybridized carbons (Fsp3) is 0.800. The number of carboxylic acids is 1. The van der Waals surface area contributed by atoms with Crippen LogP contribution in [0.15, 0.2) is 5.11 Å². The van der Waals surface area contributed by atoms with Crippen LogP contribution in [0.3, 0.4) is 0 Å². The van der Waals surface area contributed by atoms with E-state index < -0.39 is 12.0 Å². The zero-order valence-corrected chi connectivity index (χ0v) is 6.52. The monoisotopic (exact) mass is 162 g/mol. The third kappa shape index (κ3) is 3.45. The molecule has 0 aromatic heterocycles. The molecular formula is C5H10N2O2S. The normalized spacial score (nSPS) is 12.5. The molecule has 0 aromatic rings. The van der Waals surface area contributed by atoms with E-state index in [1.54, 1.807) is 11.8 Å². The van der Waals surface area contributed by atoms with Crippen LogP contribution in [-0.2, 0) is 4.79 Å². The summed E-state index contributed by atoms with van der Waals surface area (Å²) < 4.78 is 0. The first-order valence-corrected chi connectivity index (χ1v) is 4.20. The molecule has 0 saturated heterocycles. The molecule has 0 aliphatic carbocycles. The fourth-order valence-corrected chi connectivity index (χ4v) is 0.932. The average molecular weight is 162 g/mol. The highest BCUT2D eigenvalue weighted by atomic mass is 32.2. The molecule has 1 unspecified atom stereocenters. The molecule has 0 fully saturated rings. The van der Waals surface area contributed by atoms with E-state index in [0.717, 1.165) is 5.75 Å². The van der Waals surface area contributed by atoms with Gasteiger partial charge in [0.15, 0.2) is 6.04 Å². The first-order chi connectivity index (χ1) is 4.72. The average Bonchev–Trinajstić information content (AvgIpc) is 1.89. The smallest absolute Gasteiger partial charge is 0.330 e. The van der Waals surface area contributed by atoms with Gasteiger partial charge in [-0.25, -0.2) is 10.3 Å². The topological polar surface area (TPSA) is 73.5 Å². The molecule has 1 atom stereocenters. The molecule has 0 aliphatic heterocycles. The Kier molecular flexibility index (Phi) is 4.92. The van der Waals surface area contributed by atoms with Gasteiger partial charge in [-0.15, -0.1) is 0 Å². The Bertz CT molecular complexity index is 129. The third-order valence-electron chi connectivity index (χ3n) is 1.04. The number of nitrogens with zero attached hydrogens (tertiary/aromatic N) is 1. The molecule has 0 aliphatic rings. The Morgan fingerprint density at radius 1 is 1.90 bits per heavy atom. The minimum absolute atomic E-state index is 0.444. The van der Waals surface area contributed by atoms with Crippen molar-refractivity contribution in [3.05, 3.63) is 0 Å². The van der Waals surface area contributed by atoms with Gasteiger partial charge in [-0.05, 0) is 18.4 Å². The van der Waals surface area contributed by atoms with Crippen LogP contribution in [0.2, 0.25) is 0 Å². The van der Waals surface area contributed by atoms with Crippen LogP contribution in [0.1, 0.15) is 6.42 Å². The van der Waals surface area contributed by atoms with Gasteiger partial charge in [-0.2, -0.15) is 16.9 Å². The summed E-state index contributed by atoms with van der Waals surface area (Å²) in [6.45, 7) is 0. The van der Waals surface area contributed by atoms with E-state index in [9.17, 15) is 4.79 Å². The summed E-state index contributed by atoms with van der Waals surface area (Å²) in [5.41, 5.74) is 6.50. The predicted molar refractivity (Wildman–Crippen MR) is 39.6 cm³/mol. The van der Waals surface area contributed by atoms with Gasteiger partial charge in [-0.3, -0.25) is 0 Å². The second-order valence-electron chi connectivity index (χ2n) is 1.76. The second kappa shape index (κ2) is 5.22. The summed E-state index contributed by atoms with van der Waals surface area (Å²) >= 11 is 1.56. The van der Waals surface area contributed by atoms with E-state index in [1.807, 2.05) is 6.26 Å². The van der Waals surface area contributed by atoms with Gasteiger partial charge in [0.25, 0.3) is 0 Å². The Labute approximate surface area is 63.5 Å². The summed E-state index contributed by atoms with van der Waals surface area (Å²) in [5, 5.41) is 11.3. The number of thioether (sulfide) groups is 1. The molecule has 5 heteroatoms. The van der Waals surface area contributed by atoms with E-state index >= 15 is 0 Å². The van der Waals surface area contributed by atoms with Crippen LogP contribution in [0.5, 0.6) is 0 Å². The van der Waals surface area contributed by atoms with Crippen molar-refractivity contribution in [3.63, 3.8) is 0 Å². The number of carbonyl (C=O) groups is 1. The summed E-state index contributed by atoms with van der Waals surface area (Å²) in [4.78, 5) is 10.2. The summed E-state index contributed by atoms with van der Waals surface area (Å²) in [6.07, 6.45) is 2.34. The van der Waals surface area contributed by atoms with Crippen molar-refractivity contribution in [1.82, 2.24) is 0 Å². The number of aliphatic carboxylic acids is 1. The molecule has 0 saturated carbocycles. The maximum atomic E-state index is 10.2. The van der Waals surface area contributed by atoms with Crippen LogP contribution in [0.25, 0.3) is 0 Å². The molecule has 4 nitrogen and oxygen atoms in total. The van der Waals surface area contributed by atoms with E-state index in [-0.39, 0.29) is 0 Å². The summed E-state index contributed by atoms with van der Waals surface area (Å²) in [6, 6.07) is -0.840. The number of nitrogens with one attached hydrogen (secondary N) is 1. The van der Waals surface area contributed by atoms with Crippen molar-refractivity contribution >= 4 is 17.7 Å². The first kappa shape index (κ1) is 9.42. The van der Waals surface area contributed by atoms with Crippen molar-refractivity contribution < 1.29 is 9.90 Å². The molecule has 0 rings (SSSR count). The van der Waals surface area contributed by atoms with Gasteiger partial charge < -0.3 is 5.11 Å². The van der Waals surface area contributed by atoms with Crippen molar-refractivity contribution in [2.45, 2.75) is 12.5 Å². The summed E-state index contributed by atoms with van der Waals surface area (Å²) in [7, 11) is 0. The highest BCUT2D eigenvalue weighted by molar-refractivity contribution is 7.98. The van der Waals surface area contributed by atoms with E-state index in [1.165, 1.54) is 0 Å². The van der Waals surface area contributed by atoms with Crippen LogP contribution >= 0.6 is 11.8 Å². The molecule has 0 bridgehead atoms. The molecule has 0 amide bonds. The van der Waals surface area contributed by atoms with Crippen LogP contribution in [0.4, 0.5) is 0 Å². The standard InChI is InChI=1S/C5H10N2O2S/c1-10-3-2-4(7-6)5(8)9/h4,6H,2-3H2,1H3,(H,8,9). The number of hydrogen-bond donors (Lipinski definition) is 2. The Morgan fingerprint density at radius 3 is 2.80 bits per heavy atom. The number of hydrogen-bond acceptors (Lipinski definition) is 4.